The van der Waals surface area contributed by atoms with Crippen molar-refractivity contribution in [2.45, 2.75) is 25.2 Å². The molecule has 2 aromatic heterocycles. The van der Waals surface area contributed by atoms with Crippen molar-refractivity contribution in [2.75, 3.05) is 6.54 Å². The summed E-state index contributed by atoms with van der Waals surface area (Å²) in [5.74, 6) is 0.991. The lowest BCUT2D eigenvalue weighted by Crippen LogP contribution is -2.27. The van der Waals surface area contributed by atoms with Crippen LogP contribution in [0.5, 0.6) is 0 Å². The molecule has 0 atom stereocenters. The number of nitrogens with one attached hydrogen (secondary N) is 1. The van der Waals surface area contributed by atoms with E-state index >= 15 is 0 Å². The zero-order chi connectivity index (χ0) is 14.0. The molecule has 0 saturated carbocycles. The van der Waals surface area contributed by atoms with Gasteiger partial charge in [-0.15, -0.1) is 0 Å². The minimum atomic E-state index is -3.61. The number of hydrogen-bond donors (Lipinski definition) is 1. The zero-order valence-corrected chi connectivity index (χ0v) is 11.7. The van der Waals surface area contributed by atoms with Crippen LogP contribution in [0.4, 0.5) is 0 Å². The van der Waals surface area contributed by atoms with Crippen molar-refractivity contribution in [1.29, 1.82) is 0 Å². The van der Waals surface area contributed by atoms with Crippen molar-refractivity contribution in [2.24, 2.45) is 7.05 Å². The molecule has 0 saturated heterocycles. The van der Waals surface area contributed by atoms with Gasteiger partial charge in [-0.25, -0.2) is 18.1 Å². The molecule has 9 heteroatoms. The highest BCUT2D eigenvalue weighted by molar-refractivity contribution is 7.89. The predicted molar refractivity (Wildman–Crippen MR) is 65.9 cm³/mol. The maximum atomic E-state index is 12.1. The number of rotatable bonds is 5. The smallest absolute Gasteiger partial charge is 0.245 e. The van der Waals surface area contributed by atoms with Crippen LogP contribution in [0, 0.1) is 13.8 Å². The van der Waals surface area contributed by atoms with Gasteiger partial charge >= 0.3 is 0 Å². The van der Waals surface area contributed by atoms with Crippen molar-refractivity contribution in [3.05, 3.63) is 23.6 Å². The number of nitrogens with zero attached hydrogens (tertiary/aromatic N) is 4. The number of hydrogen-bond acceptors (Lipinski definition) is 6. The molecule has 1 N–H and O–H groups in total. The molecular weight excluding hydrogens is 270 g/mol. The molecule has 2 rings (SSSR count). The maximum Gasteiger partial charge on any atom is 0.245 e. The van der Waals surface area contributed by atoms with E-state index in [4.69, 9.17) is 4.52 Å². The molecule has 0 amide bonds. The Balaban J connectivity index is 2.05. The minimum Gasteiger partial charge on any atom is -0.360 e. The highest BCUT2D eigenvalue weighted by Gasteiger charge is 2.23. The molecule has 0 spiro atoms. The summed E-state index contributed by atoms with van der Waals surface area (Å²) in [6.07, 6.45) is 1.89. The third-order valence-electron chi connectivity index (χ3n) is 2.68. The van der Waals surface area contributed by atoms with Crippen molar-refractivity contribution < 1.29 is 12.9 Å². The third kappa shape index (κ3) is 2.82. The SMILES string of the molecule is Cc1noc(C)c1S(=O)(=O)NCCc1ncnn1C. The average molecular weight is 285 g/mol. The Labute approximate surface area is 110 Å². The van der Waals surface area contributed by atoms with E-state index < -0.39 is 10.0 Å². The van der Waals surface area contributed by atoms with Gasteiger partial charge in [0.15, 0.2) is 5.76 Å². The van der Waals surface area contributed by atoms with Crippen LogP contribution >= 0.6 is 0 Å². The summed E-state index contributed by atoms with van der Waals surface area (Å²) in [5.41, 5.74) is 0.351. The molecule has 0 fully saturated rings. The normalized spacial score (nSPS) is 11.9. The molecule has 0 aliphatic heterocycles. The molecular formula is C10H15N5O3S. The Bertz CT molecular complexity index is 654. The summed E-state index contributed by atoms with van der Waals surface area (Å²) in [7, 11) is -1.85. The Kier molecular flexibility index (Phi) is 3.67. The monoisotopic (exact) mass is 285 g/mol. The molecule has 8 nitrogen and oxygen atoms in total. The van der Waals surface area contributed by atoms with Crippen molar-refractivity contribution in [1.82, 2.24) is 24.6 Å². The lowest BCUT2D eigenvalue weighted by molar-refractivity contribution is 0.390. The Morgan fingerprint density at radius 2 is 2.16 bits per heavy atom. The minimum absolute atomic E-state index is 0.102. The molecule has 0 unspecified atom stereocenters. The van der Waals surface area contributed by atoms with E-state index in [0.717, 1.165) is 0 Å². The summed E-state index contributed by atoms with van der Waals surface area (Å²) in [5, 5.41) is 7.55. The Hall–Kier alpha value is -1.74. The average Bonchev–Trinajstić information content (AvgIpc) is 2.86. The molecule has 0 aromatic carbocycles. The van der Waals surface area contributed by atoms with Gasteiger partial charge in [-0.05, 0) is 13.8 Å². The van der Waals surface area contributed by atoms with Crippen LogP contribution < -0.4 is 4.72 Å². The van der Waals surface area contributed by atoms with E-state index in [1.807, 2.05) is 0 Å². The van der Waals surface area contributed by atoms with Gasteiger partial charge in [0.25, 0.3) is 0 Å². The zero-order valence-electron chi connectivity index (χ0n) is 10.9. The molecule has 0 aliphatic rings. The summed E-state index contributed by atoms with van der Waals surface area (Å²) in [6.45, 7) is 3.39. The summed E-state index contributed by atoms with van der Waals surface area (Å²) in [6, 6.07) is 0. The van der Waals surface area contributed by atoms with Crippen LogP contribution in [-0.4, -0.2) is 34.9 Å². The fraction of sp³-hybridized carbons (Fsp3) is 0.500. The van der Waals surface area contributed by atoms with Crippen LogP contribution in [0.15, 0.2) is 15.7 Å². The maximum absolute atomic E-state index is 12.1. The topological polar surface area (TPSA) is 103 Å². The van der Waals surface area contributed by atoms with Gasteiger partial charge < -0.3 is 4.52 Å². The number of aromatic nitrogens is 4. The molecule has 0 bridgehead atoms. The molecule has 2 heterocycles. The van der Waals surface area contributed by atoms with Crippen LogP contribution in [0.1, 0.15) is 17.3 Å². The summed E-state index contributed by atoms with van der Waals surface area (Å²) < 4.78 is 33.1. The first kappa shape index (κ1) is 13.7. The second kappa shape index (κ2) is 5.10. The summed E-state index contributed by atoms with van der Waals surface area (Å²) >= 11 is 0. The quantitative estimate of drug-likeness (QED) is 0.825. The van der Waals surface area contributed by atoms with Gasteiger partial charge in [-0.3, -0.25) is 4.68 Å². The standard InChI is InChI=1S/C10H15N5O3S/c1-7-10(8(2)18-14-7)19(16,17)13-5-4-9-11-6-12-15(9)3/h6,13H,4-5H2,1-3H3. The molecule has 0 radical (unpaired) electrons. The molecule has 104 valence electrons. The van der Waals surface area contributed by atoms with Gasteiger partial charge in [0.1, 0.15) is 22.7 Å². The van der Waals surface area contributed by atoms with Crippen LogP contribution in [0.2, 0.25) is 0 Å². The van der Waals surface area contributed by atoms with E-state index in [0.29, 0.717) is 17.9 Å². The molecule has 0 aliphatic carbocycles. The van der Waals surface area contributed by atoms with Gasteiger partial charge in [-0.2, -0.15) is 5.10 Å². The van der Waals surface area contributed by atoms with E-state index in [2.05, 4.69) is 20.0 Å². The fourth-order valence-corrected chi connectivity index (χ4v) is 3.13. The predicted octanol–water partition coefficient (Wildman–Crippen LogP) is -0.0591. The molecule has 2 aromatic rings. The van der Waals surface area contributed by atoms with Gasteiger partial charge in [-0.1, -0.05) is 5.16 Å². The van der Waals surface area contributed by atoms with E-state index in [-0.39, 0.29) is 17.2 Å². The van der Waals surface area contributed by atoms with Crippen molar-refractivity contribution in [3.8, 4) is 0 Å². The Morgan fingerprint density at radius 3 is 2.68 bits per heavy atom. The first-order chi connectivity index (χ1) is 8.92. The summed E-state index contributed by atoms with van der Waals surface area (Å²) in [4.78, 5) is 4.12. The van der Waals surface area contributed by atoms with Gasteiger partial charge in [0.2, 0.25) is 10.0 Å². The van der Waals surface area contributed by atoms with Crippen molar-refractivity contribution in [3.63, 3.8) is 0 Å². The van der Waals surface area contributed by atoms with Crippen LogP contribution in [0.3, 0.4) is 0 Å². The first-order valence-electron chi connectivity index (χ1n) is 5.67. The highest BCUT2D eigenvalue weighted by Crippen LogP contribution is 2.18. The first-order valence-corrected chi connectivity index (χ1v) is 7.15. The second-order valence-corrected chi connectivity index (χ2v) is 5.80. The van der Waals surface area contributed by atoms with Crippen LogP contribution in [0.25, 0.3) is 0 Å². The molecule has 19 heavy (non-hydrogen) atoms. The highest BCUT2D eigenvalue weighted by atomic mass is 32.2. The Morgan fingerprint density at radius 1 is 1.42 bits per heavy atom. The van der Waals surface area contributed by atoms with E-state index in [1.165, 1.54) is 6.33 Å². The van der Waals surface area contributed by atoms with Gasteiger partial charge in [0, 0.05) is 20.0 Å². The van der Waals surface area contributed by atoms with E-state index in [9.17, 15) is 8.42 Å². The lowest BCUT2D eigenvalue weighted by atomic mass is 10.4. The number of aryl methyl sites for hydroxylation is 3. The lowest BCUT2D eigenvalue weighted by Gasteiger charge is -2.05. The van der Waals surface area contributed by atoms with Crippen LogP contribution in [-0.2, 0) is 23.5 Å². The number of sulfonamides is 1. The van der Waals surface area contributed by atoms with Gasteiger partial charge in [0.05, 0.1) is 0 Å². The van der Waals surface area contributed by atoms with Crippen molar-refractivity contribution >= 4 is 10.0 Å². The third-order valence-corrected chi connectivity index (χ3v) is 4.39. The fourth-order valence-electron chi connectivity index (χ4n) is 1.77. The largest absolute Gasteiger partial charge is 0.360 e. The van der Waals surface area contributed by atoms with E-state index in [1.54, 1.807) is 25.6 Å². The second-order valence-electron chi connectivity index (χ2n) is 4.10.